The van der Waals surface area contributed by atoms with Gasteiger partial charge in [0.15, 0.2) is 5.69 Å². The van der Waals surface area contributed by atoms with Gasteiger partial charge in [-0.05, 0) is 43.7 Å². The van der Waals surface area contributed by atoms with Gasteiger partial charge in [0.2, 0.25) is 11.8 Å². The first-order valence-corrected chi connectivity index (χ1v) is 13.6. The lowest BCUT2D eigenvalue weighted by atomic mass is 9.95. The minimum absolute atomic E-state index is 0.0767. The highest BCUT2D eigenvalue weighted by Crippen LogP contribution is 2.25. The first-order chi connectivity index (χ1) is 18.1. The summed E-state index contributed by atoms with van der Waals surface area (Å²) in [5.41, 5.74) is 2.27. The van der Waals surface area contributed by atoms with E-state index in [0.29, 0.717) is 24.4 Å². The number of carbonyl (C=O) groups excluding carboxylic acids is 2. The second kappa shape index (κ2) is 13.3. The van der Waals surface area contributed by atoms with Gasteiger partial charge >= 0.3 is 5.97 Å². The van der Waals surface area contributed by atoms with Gasteiger partial charge < -0.3 is 25.7 Å². The van der Waals surface area contributed by atoms with Crippen molar-refractivity contribution >= 4 is 28.7 Å². The van der Waals surface area contributed by atoms with E-state index < -0.39 is 18.1 Å². The van der Waals surface area contributed by atoms with E-state index in [9.17, 15) is 19.5 Å². The van der Waals surface area contributed by atoms with Crippen LogP contribution in [-0.4, -0.2) is 43.9 Å². The van der Waals surface area contributed by atoms with Crippen molar-refractivity contribution < 1.29 is 19.5 Å². The highest BCUT2D eigenvalue weighted by Gasteiger charge is 2.29. The standard InChI is InChI=1S/C29H41N5O4/c1-6-10-19(11-7-2)27(35)33-24(14-17(3)4)28(36)32-23(26-31-18(5)25(34-26)29(37)38)15-20-16-30-22-13-9-8-12-21(20)22/h8-9,12-13,16-17,19,23-24,30H,6-7,10-11,14-15H2,1-5H3,(H,31,34)(H,32,36)(H,33,35)(H,37,38)/t23-,24+/m1/s1. The molecule has 2 aromatic heterocycles. The van der Waals surface area contributed by atoms with E-state index in [-0.39, 0.29) is 29.3 Å². The number of aromatic carboxylic acids is 1. The normalized spacial score (nSPS) is 13.1. The van der Waals surface area contributed by atoms with Gasteiger partial charge in [0.05, 0.1) is 6.04 Å². The molecule has 0 saturated carbocycles. The van der Waals surface area contributed by atoms with E-state index in [1.165, 1.54) is 0 Å². The Kier molecular flexibility index (Phi) is 10.1. The van der Waals surface area contributed by atoms with Crippen LogP contribution in [0.4, 0.5) is 0 Å². The number of para-hydroxylation sites is 1. The van der Waals surface area contributed by atoms with Gasteiger partial charge in [-0.2, -0.15) is 0 Å². The van der Waals surface area contributed by atoms with Crippen LogP contribution in [0.5, 0.6) is 0 Å². The van der Waals surface area contributed by atoms with Gasteiger partial charge in [-0.15, -0.1) is 0 Å². The number of nitrogens with one attached hydrogen (secondary N) is 4. The van der Waals surface area contributed by atoms with Crippen molar-refractivity contribution in [3.63, 3.8) is 0 Å². The molecule has 3 aromatic rings. The molecule has 3 rings (SSSR count). The summed E-state index contributed by atoms with van der Waals surface area (Å²) in [4.78, 5) is 49.1. The topological polar surface area (TPSA) is 140 Å². The number of fused-ring (bicyclic) bond motifs is 1. The van der Waals surface area contributed by atoms with Crippen molar-refractivity contribution in [2.75, 3.05) is 0 Å². The zero-order valence-corrected chi connectivity index (χ0v) is 23.1. The summed E-state index contributed by atoms with van der Waals surface area (Å²) in [5, 5.41) is 16.7. The van der Waals surface area contributed by atoms with Crippen LogP contribution in [-0.2, 0) is 16.0 Å². The van der Waals surface area contributed by atoms with Gasteiger partial charge in [-0.1, -0.05) is 58.7 Å². The second-order valence-electron chi connectivity index (χ2n) is 10.5. The Morgan fingerprint density at radius 1 is 1.03 bits per heavy atom. The summed E-state index contributed by atoms with van der Waals surface area (Å²) in [6.07, 6.45) is 6.12. The zero-order chi connectivity index (χ0) is 27.8. The van der Waals surface area contributed by atoms with Crippen molar-refractivity contribution in [2.24, 2.45) is 11.8 Å². The number of imidazole rings is 1. The lowest BCUT2D eigenvalue weighted by molar-refractivity contribution is -0.132. The first-order valence-electron chi connectivity index (χ1n) is 13.6. The minimum atomic E-state index is -1.13. The first kappa shape index (κ1) is 28.9. The third kappa shape index (κ3) is 7.24. The molecule has 38 heavy (non-hydrogen) atoms. The lowest BCUT2D eigenvalue weighted by Crippen LogP contribution is -2.50. The Morgan fingerprint density at radius 2 is 1.71 bits per heavy atom. The van der Waals surface area contributed by atoms with E-state index >= 15 is 0 Å². The highest BCUT2D eigenvalue weighted by atomic mass is 16.4. The fourth-order valence-corrected chi connectivity index (χ4v) is 4.96. The van der Waals surface area contributed by atoms with Gasteiger partial charge in [0.1, 0.15) is 11.9 Å². The molecule has 0 unspecified atom stereocenters. The molecule has 1 aromatic carbocycles. The molecule has 0 aliphatic carbocycles. The molecule has 2 amide bonds. The quantitative estimate of drug-likeness (QED) is 0.201. The van der Waals surface area contributed by atoms with E-state index in [1.54, 1.807) is 6.92 Å². The third-order valence-corrected chi connectivity index (χ3v) is 6.84. The number of hydrogen-bond donors (Lipinski definition) is 5. The molecular weight excluding hydrogens is 482 g/mol. The molecule has 0 saturated heterocycles. The number of hydrogen-bond acceptors (Lipinski definition) is 4. The Morgan fingerprint density at radius 3 is 2.32 bits per heavy atom. The summed E-state index contributed by atoms with van der Waals surface area (Å²) in [6, 6.07) is 6.54. The molecule has 0 fully saturated rings. The van der Waals surface area contributed by atoms with Crippen LogP contribution >= 0.6 is 0 Å². The molecule has 0 aliphatic heterocycles. The Hall–Kier alpha value is -3.62. The van der Waals surface area contributed by atoms with Crippen LogP contribution in [0.3, 0.4) is 0 Å². The van der Waals surface area contributed by atoms with Crippen molar-refractivity contribution in [3.05, 3.63) is 53.2 Å². The van der Waals surface area contributed by atoms with Crippen LogP contribution in [0, 0.1) is 18.8 Å². The molecule has 9 nitrogen and oxygen atoms in total. The Labute approximate surface area is 224 Å². The predicted molar refractivity (Wildman–Crippen MR) is 148 cm³/mol. The molecule has 206 valence electrons. The number of rotatable bonds is 14. The summed E-state index contributed by atoms with van der Waals surface area (Å²) >= 11 is 0. The van der Waals surface area contributed by atoms with E-state index in [1.807, 2.05) is 44.3 Å². The van der Waals surface area contributed by atoms with Crippen molar-refractivity contribution in [1.29, 1.82) is 0 Å². The molecule has 5 N–H and O–H groups in total. The maximum atomic E-state index is 13.7. The largest absolute Gasteiger partial charge is 0.476 e. The molecule has 0 spiro atoms. The number of H-pyrrole nitrogens is 2. The molecule has 0 radical (unpaired) electrons. The molecule has 2 heterocycles. The number of carboxylic acid groups (broad SMARTS) is 1. The molecular formula is C29H41N5O4. The van der Waals surface area contributed by atoms with Gasteiger partial charge in [-0.3, -0.25) is 9.59 Å². The number of aromatic nitrogens is 3. The van der Waals surface area contributed by atoms with Crippen LogP contribution in [0.25, 0.3) is 10.9 Å². The monoisotopic (exact) mass is 523 g/mol. The van der Waals surface area contributed by atoms with Crippen LogP contribution in [0.15, 0.2) is 30.5 Å². The fourth-order valence-electron chi connectivity index (χ4n) is 4.96. The number of amides is 2. The Balaban J connectivity index is 1.90. The molecule has 0 aliphatic rings. The summed E-state index contributed by atoms with van der Waals surface area (Å²) < 4.78 is 0. The van der Waals surface area contributed by atoms with Crippen LogP contribution in [0.2, 0.25) is 0 Å². The minimum Gasteiger partial charge on any atom is -0.476 e. The summed E-state index contributed by atoms with van der Waals surface area (Å²) in [7, 11) is 0. The Bertz CT molecular complexity index is 1240. The van der Waals surface area contributed by atoms with E-state index in [0.717, 1.165) is 42.1 Å². The number of nitrogens with zero attached hydrogens (tertiary/aromatic N) is 1. The second-order valence-corrected chi connectivity index (χ2v) is 10.5. The average molecular weight is 524 g/mol. The number of benzene rings is 1. The number of carbonyl (C=O) groups is 3. The van der Waals surface area contributed by atoms with E-state index in [4.69, 9.17) is 0 Å². The van der Waals surface area contributed by atoms with Crippen molar-refractivity contribution in [3.8, 4) is 0 Å². The highest BCUT2D eigenvalue weighted by molar-refractivity contribution is 5.89. The van der Waals surface area contributed by atoms with Crippen LogP contribution < -0.4 is 10.6 Å². The summed E-state index contributed by atoms with van der Waals surface area (Å²) in [6.45, 7) is 9.79. The average Bonchev–Trinajstić information content (AvgIpc) is 3.46. The SMILES string of the molecule is CCCC(CCC)C(=O)N[C@@H](CC(C)C)C(=O)N[C@H](Cc1c[nH]c2ccccc12)c1nc(C(=O)O)c(C)[nH]1. The maximum Gasteiger partial charge on any atom is 0.356 e. The summed E-state index contributed by atoms with van der Waals surface area (Å²) in [5.74, 6) is -1.12. The fraction of sp³-hybridized carbons (Fsp3) is 0.517. The number of carboxylic acids is 1. The number of aromatic amines is 2. The maximum absolute atomic E-state index is 13.7. The molecule has 0 bridgehead atoms. The van der Waals surface area contributed by atoms with Crippen molar-refractivity contribution in [2.45, 2.75) is 85.2 Å². The third-order valence-electron chi connectivity index (χ3n) is 6.84. The zero-order valence-electron chi connectivity index (χ0n) is 23.1. The van der Waals surface area contributed by atoms with Gasteiger partial charge in [0.25, 0.3) is 0 Å². The van der Waals surface area contributed by atoms with Crippen molar-refractivity contribution in [1.82, 2.24) is 25.6 Å². The molecule has 9 heteroatoms. The number of aryl methyl sites for hydroxylation is 1. The van der Waals surface area contributed by atoms with Gasteiger partial charge in [-0.25, -0.2) is 9.78 Å². The smallest absolute Gasteiger partial charge is 0.356 e. The van der Waals surface area contributed by atoms with E-state index in [2.05, 4.69) is 39.4 Å². The predicted octanol–water partition coefficient (Wildman–Crippen LogP) is 5.04. The lowest BCUT2D eigenvalue weighted by Gasteiger charge is -2.25. The molecule has 2 atom stereocenters. The van der Waals surface area contributed by atoms with Gasteiger partial charge in [0, 0.05) is 35.1 Å². The van der Waals surface area contributed by atoms with Crippen LogP contribution in [0.1, 0.15) is 93.4 Å².